The summed E-state index contributed by atoms with van der Waals surface area (Å²) in [5.41, 5.74) is 2.83. The molecule has 3 aromatic rings. The van der Waals surface area contributed by atoms with Gasteiger partial charge < -0.3 is 4.74 Å². The Morgan fingerprint density at radius 1 is 0.882 bits per heavy atom. The summed E-state index contributed by atoms with van der Waals surface area (Å²) in [6, 6.07) is 27.9. The summed E-state index contributed by atoms with van der Waals surface area (Å²) in [6.07, 6.45) is -0.0922. The van der Waals surface area contributed by atoms with E-state index in [9.17, 15) is 13.7 Å². The van der Waals surface area contributed by atoms with Crippen LogP contribution in [-0.2, 0) is 25.6 Å². The lowest BCUT2D eigenvalue weighted by atomic mass is 9.93. The molecule has 2 atom stereocenters. The molecule has 0 saturated carbocycles. The van der Waals surface area contributed by atoms with Gasteiger partial charge in [-0.1, -0.05) is 92.2 Å². The van der Waals surface area contributed by atoms with Gasteiger partial charge in [-0.15, -0.1) is 0 Å². The minimum absolute atomic E-state index is 0.103. The molecule has 0 aliphatic rings. The summed E-state index contributed by atoms with van der Waals surface area (Å²) in [5, 5.41) is 9.71. The number of nitriles is 1. The quantitative estimate of drug-likeness (QED) is 0.235. The monoisotopic (exact) mass is 479 g/mol. The molecular weight excluding hydrogens is 446 g/mol. The summed E-state index contributed by atoms with van der Waals surface area (Å²) in [7, 11) is -3.97. The zero-order chi connectivity index (χ0) is 24.8. The van der Waals surface area contributed by atoms with Crippen LogP contribution in [0.1, 0.15) is 49.3 Å². The van der Waals surface area contributed by atoms with Gasteiger partial charge in [-0.25, -0.2) is 0 Å². The number of benzene rings is 3. The molecule has 5 nitrogen and oxygen atoms in total. The summed E-state index contributed by atoms with van der Waals surface area (Å²) in [4.78, 5) is 0.103. The van der Waals surface area contributed by atoms with E-state index in [1.807, 2.05) is 81.4 Å². The predicted octanol–water partition coefficient (Wildman–Crippen LogP) is 6.40. The van der Waals surface area contributed by atoms with Gasteiger partial charge in [0.25, 0.3) is 10.1 Å². The van der Waals surface area contributed by atoms with Crippen molar-refractivity contribution in [1.29, 1.82) is 5.26 Å². The van der Waals surface area contributed by atoms with Gasteiger partial charge in [-0.3, -0.25) is 4.18 Å². The Labute approximate surface area is 204 Å². The van der Waals surface area contributed by atoms with Crippen molar-refractivity contribution < 1.29 is 17.3 Å². The number of rotatable bonds is 11. The summed E-state index contributed by atoms with van der Waals surface area (Å²) < 4.78 is 37.1. The second-order valence-corrected chi connectivity index (χ2v) is 9.21. The lowest BCUT2D eigenvalue weighted by molar-refractivity contribution is 0.0810. The SMILES string of the molecule is CC.Cc1ccc(S(=O)(=O)OC(CCOCc2ccccc2)CC(C#N)c2ccccc2)cc1. The van der Waals surface area contributed by atoms with E-state index in [1.54, 1.807) is 12.1 Å². The Balaban J connectivity index is 0.00000199. The number of ether oxygens (including phenoxy) is 1. The first-order valence-corrected chi connectivity index (χ1v) is 12.9. The second kappa shape index (κ2) is 14.3. The van der Waals surface area contributed by atoms with Crippen LogP contribution in [0.5, 0.6) is 0 Å². The molecule has 0 spiro atoms. The van der Waals surface area contributed by atoms with Gasteiger partial charge in [-0.2, -0.15) is 13.7 Å². The van der Waals surface area contributed by atoms with Crippen LogP contribution >= 0.6 is 0 Å². The highest BCUT2D eigenvalue weighted by Crippen LogP contribution is 2.26. The van der Waals surface area contributed by atoms with E-state index in [0.29, 0.717) is 19.6 Å². The van der Waals surface area contributed by atoms with E-state index in [4.69, 9.17) is 8.92 Å². The maximum absolute atomic E-state index is 12.9. The van der Waals surface area contributed by atoms with Crippen molar-refractivity contribution in [3.63, 3.8) is 0 Å². The molecule has 0 saturated heterocycles. The molecule has 3 rings (SSSR count). The Kier molecular flexibility index (Phi) is 11.5. The zero-order valence-electron chi connectivity index (χ0n) is 20.1. The maximum atomic E-state index is 12.9. The highest BCUT2D eigenvalue weighted by atomic mass is 32.2. The molecule has 0 amide bonds. The summed E-state index contributed by atoms with van der Waals surface area (Å²) in [5.74, 6) is -0.483. The largest absolute Gasteiger partial charge is 0.377 e. The van der Waals surface area contributed by atoms with E-state index in [0.717, 1.165) is 16.7 Å². The summed E-state index contributed by atoms with van der Waals surface area (Å²) >= 11 is 0. The average Bonchev–Trinajstić information content (AvgIpc) is 2.87. The molecule has 0 radical (unpaired) electrons. The van der Waals surface area contributed by atoms with E-state index in [2.05, 4.69) is 6.07 Å². The Morgan fingerprint density at radius 3 is 2.06 bits per heavy atom. The predicted molar refractivity (Wildman–Crippen MR) is 135 cm³/mol. The highest BCUT2D eigenvalue weighted by molar-refractivity contribution is 7.86. The Hall–Kier alpha value is -2.98. The number of aryl methyl sites for hydroxylation is 1. The molecule has 34 heavy (non-hydrogen) atoms. The van der Waals surface area contributed by atoms with Crippen molar-refractivity contribution in [2.45, 2.75) is 57.1 Å². The highest BCUT2D eigenvalue weighted by Gasteiger charge is 2.25. The molecule has 0 N–H and O–H groups in total. The topological polar surface area (TPSA) is 76.4 Å². The first-order chi connectivity index (χ1) is 16.5. The third-order valence-electron chi connectivity index (χ3n) is 5.12. The number of hydrogen-bond acceptors (Lipinski definition) is 5. The lowest BCUT2D eigenvalue weighted by Gasteiger charge is -2.20. The van der Waals surface area contributed by atoms with Crippen molar-refractivity contribution in [2.75, 3.05) is 6.61 Å². The normalized spacial score (nSPS) is 12.6. The molecular formula is C28H33NO4S. The second-order valence-electron chi connectivity index (χ2n) is 7.64. The van der Waals surface area contributed by atoms with Gasteiger partial charge in [-0.05, 0) is 43.0 Å². The fraction of sp³-hybridized carbons (Fsp3) is 0.321. The minimum Gasteiger partial charge on any atom is -0.377 e. The molecule has 2 unspecified atom stereocenters. The molecule has 0 heterocycles. The van der Waals surface area contributed by atoms with Crippen LogP contribution in [0.3, 0.4) is 0 Å². The standard InChI is InChI=1S/C26H27NO4S.C2H6/c1-21-12-14-26(15-13-21)32(28,29)31-25(16-17-30-20-22-8-4-2-5-9-22)18-24(19-27)23-10-6-3-7-11-23;1-2/h2-15,24-25H,16-18,20H2,1H3;1-2H3. The van der Waals surface area contributed by atoms with Gasteiger partial charge in [0.15, 0.2) is 0 Å². The van der Waals surface area contributed by atoms with Gasteiger partial charge in [0.2, 0.25) is 0 Å². The third kappa shape index (κ3) is 8.75. The van der Waals surface area contributed by atoms with E-state index in [-0.39, 0.29) is 11.3 Å². The third-order valence-corrected chi connectivity index (χ3v) is 6.50. The molecule has 0 aromatic heterocycles. The van der Waals surface area contributed by atoms with Crippen LogP contribution in [0.2, 0.25) is 0 Å². The lowest BCUT2D eigenvalue weighted by Crippen LogP contribution is -2.23. The van der Waals surface area contributed by atoms with Gasteiger partial charge in [0.05, 0.1) is 29.6 Å². The number of nitrogens with zero attached hydrogens (tertiary/aromatic N) is 1. The van der Waals surface area contributed by atoms with E-state index < -0.39 is 22.1 Å². The fourth-order valence-electron chi connectivity index (χ4n) is 3.34. The zero-order valence-corrected chi connectivity index (χ0v) is 20.9. The van der Waals surface area contributed by atoms with Crippen molar-refractivity contribution in [3.8, 4) is 6.07 Å². The van der Waals surface area contributed by atoms with E-state index >= 15 is 0 Å². The first kappa shape index (κ1) is 27.3. The molecule has 180 valence electrons. The van der Waals surface area contributed by atoms with Crippen molar-refractivity contribution in [1.82, 2.24) is 0 Å². The average molecular weight is 480 g/mol. The van der Waals surface area contributed by atoms with Crippen molar-refractivity contribution >= 4 is 10.1 Å². The van der Waals surface area contributed by atoms with Crippen LogP contribution in [-0.4, -0.2) is 21.1 Å². The van der Waals surface area contributed by atoms with Crippen molar-refractivity contribution in [2.24, 2.45) is 0 Å². The van der Waals surface area contributed by atoms with Crippen LogP contribution in [0.15, 0.2) is 89.8 Å². The molecule has 6 heteroatoms. The van der Waals surface area contributed by atoms with Gasteiger partial charge in [0, 0.05) is 6.61 Å². The Bertz CT molecular complexity index is 1110. The van der Waals surface area contributed by atoms with Crippen molar-refractivity contribution in [3.05, 3.63) is 102 Å². The molecule has 0 aliphatic carbocycles. The van der Waals surface area contributed by atoms with Crippen LogP contribution in [0, 0.1) is 18.3 Å². The Morgan fingerprint density at radius 2 is 1.47 bits per heavy atom. The van der Waals surface area contributed by atoms with Crippen LogP contribution in [0.25, 0.3) is 0 Å². The van der Waals surface area contributed by atoms with Gasteiger partial charge >= 0.3 is 0 Å². The first-order valence-electron chi connectivity index (χ1n) is 11.5. The number of hydrogen-bond donors (Lipinski definition) is 0. The van der Waals surface area contributed by atoms with Crippen LogP contribution in [0.4, 0.5) is 0 Å². The molecule has 0 fully saturated rings. The fourth-order valence-corrected chi connectivity index (χ4v) is 4.45. The maximum Gasteiger partial charge on any atom is 0.297 e. The molecule has 0 aliphatic heterocycles. The minimum atomic E-state index is -3.97. The molecule has 0 bridgehead atoms. The smallest absolute Gasteiger partial charge is 0.297 e. The molecule has 3 aromatic carbocycles. The van der Waals surface area contributed by atoms with Gasteiger partial charge in [0.1, 0.15) is 0 Å². The summed E-state index contributed by atoms with van der Waals surface area (Å²) in [6.45, 7) is 6.63. The van der Waals surface area contributed by atoms with Crippen LogP contribution < -0.4 is 0 Å². The van der Waals surface area contributed by atoms with E-state index in [1.165, 1.54) is 12.1 Å².